The van der Waals surface area contributed by atoms with Crippen LogP contribution in [0.1, 0.15) is 26.4 Å². The number of rotatable bonds is 5. The molecule has 3 aromatic rings. The molecule has 0 fully saturated rings. The number of hydrogen-bond donors (Lipinski definition) is 2. The highest BCUT2D eigenvalue weighted by Crippen LogP contribution is 2.14. The van der Waals surface area contributed by atoms with Crippen molar-refractivity contribution in [2.75, 3.05) is 5.32 Å². The lowest BCUT2D eigenvalue weighted by atomic mass is 10.2. The van der Waals surface area contributed by atoms with Crippen molar-refractivity contribution in [1.82, 2.24) is 10.3 Å². The van der Waals surface area contributed by atoms with Crippen LogP contribution in [0.2, 0.25) is 5.02 Å². The van der Waals surface area contributed by atoms with Crippen LogP contribution in [-0.4, -0.2) is 16.8 Å². The molecule has 0 saturated heterocycles. The van der Waals surface area contributed by atoms with Gasteiger partial charge in [-0.15, -0.1) is 0 Å². The highest BCUT2D eigenvalue weighted by molar-refractivity contribution is 6.30. The van der Waals surface area contributed by atoms with Crippen LogP contribution >= 0.6 is 11.6 Å². The average Bonchev–Trinajstić information content (AvgIpc) is 2.69. The first kappa shape index (κ1) is 17.6. The highest BCUT2D eigenvalue weighted by atomic mass is 35.5. The van der Waals surface area contributed by atoms with Gasteiger partial charge in [0.25, 0.3) is 11.8 Å². The second kappa shape index (κ2) is 8.27. The van der Waals surface area contributed by atoms with Crippen LogP contribution in [0.25, 0.3) is 0 Å². The number of nitrogens with zero attached hydrogens (tertiary/aromatic N) is 1. The predicted octanol–water partition coefficient (Wildman–Crippen LogP) is 3.92. The summed E-state index contributed by atoms with van der Waals surface area (Å²) in [4.78, 5) is 28.7. The molecule has 1 aromatic heterocycles. The molecule has 0 bridgehead atoms. The van der Waals surface area contributed by atoms with Gasteiger partial charge in [0, 0.05) is 29.0 Å². The Bertz CT molecular complexity index is 912. The van der Waals surface area contributed by atoms with Crippen molar-refractivity contribution in [3.63, 3.8) is 0 Å². The van der Waals surface area contributed by atoms with Gasteiger partial charge < -0.3 is 10.6 Å². The molecule has 0 aliphatic carbocycles. The van der Waals surface area contributed by atoms with Crippen LogP contribution in [0.3, 0.4) is 0 Å². The molecule has 6 heteroatoms. The Morgan fingerprint density at radius 3 is 2.38 bits per heavy atom. The normalized spacial score (nSPS) is 10.2. The van der Waals surface area contributed by atoms with E-state index >= 15 is 0 Å². The van der Waals surface area contributed by atoms with E-state index in [0.29, 0.717) is 22.8 Å². The standard InChI is InChI=1S/C20H16ClN3O2/c21-16-6-8-17(9-7-16)24-20(26)18-12-15(10-11-22-18)19(25)23-13-14-4-2-1-3-5-14/h1-12H,13H2,(H,23,25)(H,24,26). The molecular formula is C20H16ClN3O2. The van der Waals surface area contributed by atoms with Crippen LogP contribution in [0, 0.1) is 0 Å². The Labute approximate surface area is 156 Å². The van der Waals surface area contributed by atoms with Crippen molar-refractivity contribution in [2.45, 2.75) is 6.54 Å². The maximum Gasteiger partial charge on any atom is 0.274 e. The fourth-order valence-corrected chi connectivity index (χ4v) is 2.43. The second-order valence-electron chi connectivity index (χ2n) is 5.56. The van der Waals surface area contributed by atoms with E-state index in [4.69, 9.17) is 11.6 Å². The molecule has 2 amide bonds. The summed E-state index contributed by atoms with van der Waals surface area (Å²) in [5.41, 5.74) is 2.13. The topological polar surface area (TPSA) is 71.1 Å². The summed E-state index contributed by atoms with van der Waals surface area (Å²) >= 11 is 5.83. The van der Waals surface area contributed by atoms with Gasteiger partial charge in [-0.25, -0.2) is 0 Å². The smallest absolute Gasteiger partial charge is 0.274 e. The van der Waals surface area contributed by atoms with E-state index < -0.39 is 5.91 Å². The number of carbonyl (C=O) groups is 2. The minimum atomic E-state index is -0.398. The van der Waals surface area contributed by atoms with E-state index in [1.54, 1.807) is 30.3 Å². The zero-order valence-corrected chi connectivity index (χ0v) is 14.5. The largest absolute Gasteiger partial charge is 0.348 e. The van der Waals surface area contributed by atoms with E-state index in [9.17, 15) is 9.59 Å². The third-order valence-corrected chi connectivity index (χ3v) is 3.90. The van der Waals surface area contributed by atoms with Crippen molar-refractivity contribution in [1.29, 1.82) is 0 Å². The zero-order valence-electron chi connectivity index (χ0n) is 13.8. The molecule has 0 saturated carbocycles. The molecule has 26 heavy (non-hydrogen) atoms. The van der Waals surface area contributed by atoms with Crippen molar-refractivity contribution >= 4 is 29.1 Å². The molecule has 2 N–H and O–H groups in total. The van der Waals surface area contributed by atoms with Crippen LogP contribution in [-0.2, 0) is 6.54 Å². The van der Waals surface area contributed by atoms with Gasteiger partial charge in [0.05, 0.1) is 0 Å². The molecular weight excluding hydrogens is 350 g/mol. The number of hydrogen-bond acceptors (Lipinski definition) is 3. The lowest BCUT2D eigenvalue weighted by molar-refractivity contribution is 0.0951. The number of anilines is 1. The first-order chi connectivity index (χ1) is 12.6. The molecule has 3 rings (SSSR count). The van der Waals surface area contributed by atoms with E-state index in [1.165, 1.54) is 12.3 Å². The van der Waals surface area contributed by atoms with Crippen molar-refractivity contribution in [3.05, 3.63) is 94.8 Å². The van der Waals surface area contributed by atoms with Crippen LogP contribution in [0.5, 0.6) is 0 Å². The number of aromatic nitrogens is 1. The summed E-state index contributed by atoms with van der Waals surface area (Å²) in [5, 5.41) is 6.12. The molecule has 0 radical (unpaired) electrons. The molecule has 0 atom stereocenters. The minimum absolute atomic E-state index is 0.160. The number of carbonyl (C=O) groups excluding carboxylic acids is 2. The number of nitrogens with one attached hydrogen (secondary N) is 2. The first-order valence-corrected chi connectivity index (χ1v) is 8.35. The fraction of sp³-hybridized carbons (Fsp3) is 0.0500. The lowest BCUT2D eigenvalue weighted by Gasteiger charge is -2.08. The number of benzene rings is 2. The van der Waals surface area contributed by atoms with E-state index in [0.717, 1.165) is 5.56 Å². The molecule has 0 aliphatic rings. The third kappa shape index (κ3) is 4.68. The van der Waals surface area contributed by atoms with Crippen LogP contribution < -0.4 is 10.6 Å². The number of amides is 2. The van der Waals surface area contributed by atoms with E-state index in [-0.39, 0.29) is 11.6 Å². The SMILES string of the molecule is O=C(NCc1ccccc1)c1ccnc(C(=O)Nc2ccc(Cl)cc2)c1. The summed E-state index contributed by atoms with van der Waals surface area (Å²) < 4.78 is 0. The van der Waals surface area contributed by atoms with Gasteiger partial charge in [-0.05, 0) is 42.0 Å². The summed E-state index contributed by atoms with van der Waals surface area (Å²) in [6.07, 6.45) is 1.44. The summed E-state index contributed by atoms with van der Waals surface area (Å²) in [6, 6.07) is 19.4. The molecule has 1 heterocycles. The van der Waals surface area contributed by atoms with Gasteiger partial charge in [0.15, 0.2) is 0 Å². The fourth-order valence-electron chi connectivity index (χ4n) is 2.30. The van der Waals surface area contributed by atoms with Gasteiger partial charge in [-0.3, -0.25) is 14.6 Å². The zero-order chi connectivity index (χ0) is 18.4. The number of halogens is 1. The maximum atomic E-state index is 12.3. The van der Waals surface area contributed by atoms with Gasteiger partial charge in [-0.1, -0.05) is 41.9 Å². The van der Waals surface area contributed by atoms with Gasteiger partial charge in [0.1, 0.15) is 5.69 Å². The molecule has 2 aromatic carbocycles. The molecule has 0 unspecified atom stereocenters. The molecule has 0 spiro atoms. The van der Waals surface area contributed by atoms with Crippen molar-refractivity contribution in [3.8, 4) is 0 Å². The lowest BCUT2D eigenvalue weighted by Crippen LogP contribution is -2.23. The Morgan fingerprint density at radius 1 is 0.923 bits per heavy atom. The molecule has 130 valence electrons. The van der Waals surface area contributed by atoms with Crippen LogP contribution in [0.4, 0.5) is 5.69 Å². The van der Waals surface area contributed by atoms with Gasteiger partial charge >= 0.3 is 0 Å². The summed E-state index contributed by atoms with van der Waals surface area (Å²) in [6.45, 7) is 0.411. The first-order valence-electron chi connectivity index (χ1n) is 7.97. The highest BCUT2D eigenvalue weighted by Gasteiger charge is 2.12. The molecule has 0 aliphatic heterocycles. The quantitative estimate of drug-likeness (QED) is 0.720. The Balaban J connectivity index is 1.66. The third-order valence-electron chi connectivity index (χ3n) is 3.65. The Kier molecular flexibility index (Phi) is 5.61. The average molecular weight is 366 g/mol. The number of pyridine rings is 1. The summed E-state index contributed by atoms with van der Waals surface area (Å²) in [5.74, 6) is -0.665. The van der Waals surface area contributed by atoms with Gasteiger partial charge in [-0.2, -0.15) is 0 Å². The second-order valence-corrected chi connectivity index (χ2v) is 6.00. The van der Waals surface area contributed by atoms with E-state index in [2.05, 4.69) is 15.6 Å². The molecule has 5 nitrogen and oxygen atoms in total. The van der Waals surface area contributed by atoms with Crippen LogP contribution in [0.15, 0.2) is 72.9 Å². The van der Waals surface area contributed by atoms with Gasteiger partial charge in [0.2, 0.25) is 0 Å². The Hall–Kier alpha value is -3.18. The summed E-state index contributed by atoms with van der Waals surface area (Å²) in [7, 11) is 0. The minimum Gasteiger partial charge on any atom is -0.348 e. The van der Waals surface area contributed by atoms with E-state index in [1.807, 2.05) is 30.3 Å². The maximum absolute atomic E-state index is 12.3. The predicted molar refractivity (Wildman–Crippen MR) is 101 cm³/mol. The Morgan fingerprint density at radius 2 is 1.65 bits per heavy atom. The van der Waals surface area contributed by atoms with Crippen molar-refractivity contribution in [2.24, 2.45) is 0 Å². The monoisotopic (exact) mass is 365 g/mol. The van der Waals surface area contributed by atoms with Crippen molar-refractivity contribution < 1.29 is 9.59 Å².